The topological polar surface area (TPSA) is 114 Å². The third kappa shape index (κ3) is 5.34. The number of rotatable bonds is 7. The maximum atomic E-state index is 11.1. The van der Waals surface area contributed by atoms with Crippen LogP contribution in [-0.2, 0) is 23.1 Å². The Labute approximate surface area is 125 Å². The van der Waals surface area contributed by atoms with Crippen molar-refractivity contribution in [3.8, 4) is 0 Å². The molecule has 1 aromatic heterocycles. The van der Waals surface area contributed by atoms with Gasteiger partial charge in [-0.25, -0.2) is 13.1 Å². The van der Waals surface area contributed by atoms with Crippen molar-refractivity contribution >= 4 is 10.0 Å². The molecular formula is C12H23N5O3S. The van der Waals surface area contributed by atoms with Gasteiger partial charge in [0.15, 0.2) is 5.82 Å². The molecule has 1 unspecified atom stereocenters. The normalized spacial score (nSPS) is 20.8. The van der Waals surface area contributed by atoms with Crippen molar-refractivity contribution in [1.29, 1.82) is 0 Å². The summed E-state index contributed by atoms with van der Waals surface area (Å²) in [4.78, 5) is 6.51. The highest BCUT2D eigenvalue weighted by molar-refractivity contribution is 7.88. The summed E-state index contributed by atoms with van der Waals surface area (Å²) in [6, 6.07) is 0.341. The first-order chi connectivity index (χ1) is 9.98. The number of aromatic nitrogens is 2. The fourth-order valence-electron chi connectivity index (χ4n) is 2.62. The first-order valence-corrected chi connectivity index (χ1v) is 9.07. The van der Waals surface area contributed by atoms with E-state index in [1.807, 2.05) is 0 Å². The smallest absolute Gasteiger partial charge is 0.240 e. The van der Waals surface area contributed by atoms with Crippen LogP contribution in [0.15, 0.2) is 4.52 Å². The molecule has 9 heteroatoms. The fraction of sp³-hybridized carbons (Fsp3) is 0.833. The van der Waals surface area contributed by atoms with E-state index in [-0.39, 0.29) is 6.54 Å². The van der Waals surface area contributed by atoms with Crippen LogP contribution in [0.25, 0.3) is 0 Å². The molecule has 0 spiro atoms. The van der Waals surface area contributed by atoms with E-state index in [2.05, 4.69) is 19.8 Å². The van der Waals surface area contributed by atoms with Gasteiger partial charge >= 0.3 is 0 Å². The van der Waals surface area contributed by atoms with E-state index in [0.717, 1.165) is 25.8 Å². The highest BCUT2D eigenvalue weighted by atomic mass is 32.2. The summed E-state index contributed by atoms with van der Waals surface area (Å²) in [5.74, 6) is 1.08. The Kier molecular flexibility index (Phi) is 5.68. The number of hydrogen-bond acceptors (Lipinski definition) is 7. The van der Waals surface area contributed by atoms with Crippen LogP contribution in [0, 0.1) is 0 Å². The first-order valence-electron chi connectivity index (χ1n) is 7.18. The molecule has 2 rings (SSSR count). The molecule has 1 fully saturated rings. The van der Waals surface area contributed by atoms with Gasteiger partial charge in [-0.1, -0.05) is 11.6 Å². The van der Waals surface area contributed by atoms with Crippen LogP contribution in [0.2, 0.25) is 0 Å². The molecule has 1 aromatic rings. The van der Waals surface area contributed by atoms with Gasteiger partial charge in [-0.3, -0.25) is 4.90 Å². The summed E-state index contributed by atoms with van der Waals surface area (Å²) in [6.45, 7) is 2.29. The zero-order chi connectivity index (χ0) is 15.3. The number of nitrogens with one attached hydrogen (secondary N) is 1. The average molecular weight is 317 g/mol. The molecule has 1 aliphatic heterocycles. The Morgan fingerprint density at radius 1 is 1.48 bits per heavy atom. The van der Waals surface area contributed by atoms with E-state index in [9.17, 15) is 8.42 Å². The number of piperidine rings is 1. The Bertz CT molecular complexity index is 545. The highest BCUT2D eigenvalue weighted by Gasteiger charge is 2.24. The second kappa shape index (κ2) is 7.30. The second-order valence-corrected chi connectivity index (χ2v) is 7.22. The Morgan fingerprint density at radius 2 is 2.29 bits per heavy atom. The number of hydrogen-bond donors (Lipinski definition) is 2. The fourth-order valence-corrected chi connectivity index (χ4v) is 3.11. The standard InChI is InChI=1S/C12H23N5O3S/c1-21(18,19)14-6-5-10-4-2-3-7-17(10)9-11-15-12(8-13)20-16-11/h10,14H,2-9,13H2,1H3. The van der Waals surface area contributed by atoms with Crippen molar-refractivity contribution < 1.29 is 12.9 Å². The third-order valence-electron chi connectivity index (χ3n) is 3.62. The Balaban J connectivity index is 1.89. The lowest BCUT2D eigenvalue weighted by Gasteiger charge is -2.34. The molecule has 0 amide bonds. The van der Waals surface area contributed by atoms with Crippen LogP contribution < -0.4 is 10.5 Å². The van der Waals surface area contributed by atoms with Crippen molar-refractivity contribution in [3.63, 3.8) is 0 Å². The van der Waals surface area contributed by atoms with Gasteiger partial charge in [-0.15, -0.1) is 0 Å². The SMILES string of the molecule is CS(=O)(=O)NCCC1CCCCN1Cc1noc(CN)n1. The molecular weight excluding hydrogens is 294 g/mol. The van der Waals surface area contributed by atoms with Crippen LogP contribution in [0.1, 0.15) is 37.4 Å². The largest absolute Gasteiger partial charge is 0.338 e. The van der Waals surface area contributed by atoms with Crippen molar-refractivity contribution in [2.24, 2.45) is 5.73 Å². The summed E-state index contributed by atoms with van der Waals surface area (Å²) < 4.78 is 29.8. The van der Waals surface area contributed by atoms with Crippen molar-refractivity contribution in [2.75, 3.05) is 19.3 Å². The lowest BCUT2D eigenvalue weighted by Crippen LogP contribution is -2.41. The molecule has 1 aliphatic rings. The van der Waals surface area contributed by atoms with Crippen molar-refractivity contribution in [3.05, 3.63) is 11.7 Å². The molecule has 21 heavy (non-hydrogen) atoms. The van der Waals surface area contributed by atoms with E-state index < -0.39 is 10.0 Å². The quantitative estimate of drug-likeness (QED) is 0.717. The van der Waals surface area contributed by atoms with Gasteiger partial charge in [-0.05, 0) is 25.8 Å². The number of nitrogens with zero attached hydrogens (tertiary/aromatic N) is 3. The number of sulfonamides is 1. The zero-order valence-corrected chi connectivity index (χ0v) is 13.1. The predicted octanol–water partition coefficient (Wildman–Crippen LogP) is -0.178. The second-order valence-electron chi connectivity index (χ2n) is 5.38. The molecule has 0 aliphatic carbocycles. The molecule has 3 N–H and O–H groups in total. The molecule has 1 atom stereocenters. The van der Waals surface area contributed by atoms with Gasteiger partial charge < -0.3 is 10.3 Å². The van der Waals surface area contributed by atoms with Crippen LogP contribution in [-0.4, -0.2) is 48.8 Å². The lowest BCUT2D eigenvalue weighted by atomic mass is 9.99. The molecule has 8 nitrogen and oxygen atoms in total. The molecule has 120 valence electrons. The third-order valence-corrected chi connectivity index (χ3v) is 4.35. The minimum atomic E-state index is -3.12. The lowest BCUT2D eigenvalue weighted by molar-refractivity contribution is 0.128. The molecule has 0 aromatic carbocycles. The van der Waals surface area contributed by atoms with Gasteiger partial charge in [0.2, 0.25) is 15.9 Å². The number of nitrogens with two attached hydrogens (primary N) is 1. The summed E-state index contributed by atoms with van der Waals surface area (Å²) in [5, 5.41) is 3.92. The Hall–Kier alpha value is -1.03. The van der Waals surface area contributed by atoms with Crippen LogP contribution in [0.3, 0.4) is 0 Å². The van der Waals surface area contributed by atoms with E-state index >= 15 is 0 Å². The van der Waals surface area contributed by atoms with Crippen LogP contribution >= 0.6 is 0 Å². The maximum absolute atomic E-state index is 11.1. The summed E-state index contributed by atoms with van der Waals surface area (Å²) in [5.41, 5.74) is 5.46. The molecule has 2 heterocycles. The van der Waals surface area contributed by atoms with Crippen LogP contribution in [0.4, 0.5) is 0 Å². The van der Waals surface area contributed by atoms with Gasteiger partial charge in [0, 0.05) is 12.6 Å². The van der Waals surface area contributed by atoms with Gasteiger partial charge in [0.25, 0.3) is 0 Å². The van der Waals surface area contributed by atoms with Gasteiger partial charge in [0.1, 0.15) is 0 Å². The summed E-state index contributed by atoms with van der Waals surface area (Å²) in [6.07, 6.45) is 5.33. The van der Waals surface area contributed by atoms with Gasteiger partial charge in [0.05, 0.1) is 19.3 Å². The Morgan fingerprint density at radius 3 is 2.95 bits per heavy atom. The predicted molar refractivity (Wildman–Crippen MR) is 77.7 cm³/mol. The highest BCUT2D eigenvalue weighted by Crippen LogP contribution is 2.21. The minimum Gasteiger partial charge on any atom is -0.338 e. The number of likely N-dealkylation sites (tertiary alicyclic amines) is 1. The zero-order valence-electron chi connectivity index (χ0n) is 12.3. The monoisotopic (exact) mass is 317 g/mol. The first kappa shape index (κ1) is 16.3. The van der Waals surface area contributed by atoms with E-state index in [1.54, 1.807) is 0 Å². The van der Waals surface area contributed by atoms with E-state index in [0.29, 0.717) is 30.8 Å². The summed E-state index contributed by atoms with van der Waals surface area (Å²) >= 11 is 0. The van der Waals surface area contributed by atoms with Crippen molar-refractivity contribution in [2.45, 2.75) is 44.8 Å². The molecule has 0 saturated carbocycles. The summed E-state index contributed by atoms with van der Waals surface area (Å²) in [7, 11) is -3.12. The minimum absolute atomic E-state index is 0.245. The average Bonchev–Trinajstić information content (AvgIpc) is 2.87. The van der Waals surface area contributed by atoms with Crippen molar-refractivity contribution in [1.82, 2.24) is 19.8 Å². The van der Waals surface area contributed by atoms with Gasteiger partial charge in [-0.2, -0.15) is 4.98 Å². The van der Waals surface area contributed by atoms with Crippen LogP contribution in [0.5, 0.6) is 0 Å². The van der Waals surface area contributed by atoms with E-state index in [4.69, 9.17) is 10.3 Å². The van der Waals surface area contributed by atoms with E-state index in [1.165, 1.54) is 12.7 Å². The molecule has 0 bridgehead atoms. The molecule has 1 saturated heterocycles. The molecule has 0 radical (unpaired) electrons. The maximum Gasteiger partial charge on any atom is 0.240 e.